The van der Waals surface area contributed by atoms with Crippen LogP contribution < -0.4 is 15.5 Å². The van der Waals surface area contributed by atoms with Gasteiger partial charge in [-0.05, 0) is 25.3 Å². The Morgan fingerprint density at radius 1 is 1.38 bits per heavy atom. The molecule has 7 nitrogen and oxygen atoms in total. The SMILES string of the molecule is CNC(=O)C1CCN(c2nnc(CNCC(C)C)o2)CC1. The van der Waals surface area contributed by atoms with Crippen molar-refractivity contribution >= 4 is 11.9 Å². The van der Waals surface area contributed by atoms with Crippen LogP contribution in [0.1, 0.15) is 32.6 Å². The first-order valence-electron chi connectivity index (χ1n) is 7.59. The highest BCUT2D eigenvalue weighted by atomic mass is 16.4. The van der Waals surface area contributed by atoms with Gasteiger partial charge in [-0.1, -0.05) is 18.9 Å². The maximum absolute atomic E-state index is 11.6. The van der Waals surface area contributed by atoms with E-state index in [1.54, 1.807) is 7.05 Å². The summed E-state index contributed by atoms with van der Waals surface area (Å²) in [6.45, 7) is 7.39. The highest BCUT2D eigenvalue weighted by Gasteiger charge is 2.26. The number of piperidine rings is 1. The van der Waals surface area contributed by atoms with Gasteiger partial charge in [0.15, 0.2) is 0 Å². The van der Waals surface area contributed by atoms with Gasteiger partial charge in [0, 0.05) is 26.1 Å². The van der Waals surface area contributed by atoms with E-state index in [1.807, 2.05) is 0 Å². The summed E-state index contributed by atoms with van der Waals surface area (Å²) in [7, 11) is 1.68. The number of hydrogen-bond donors (Lipinski definition) is 2. The Hall–Kier alpha value is -1.63. The lowest BCUT2D eigenvalue weighted by atomic mass is 9.96. The van der Waals surface area contributed by atoms with Crippen molar-refractivity contribution in [3.8, 4) is 0 Å². The van der Waals surface area contributed by atoms with Crippen LogP contribution in [-0.4, -0.2) is 42.8 Å². The van der Waals surface area contributed by atoms with Crippen LogP contribution >= 0.6 is 0 Å². The van der Waals surface area contributed by atoms with E-state index in [0.717, 1.165) is 32.5 Å². The second-order valence-electron chi connectivity index (χ2n) is 5.88. The Labute approximate surface area is 125 Å². The van der Waals surface area contributed by atoms with Crippen LogP contribution in [0.15, 0.2) is 4.42 Å². The molecule has 21 heavy (non-hydrogen) atoms. The first-order chi connectivity index (χ1) is 10.1. The molecular formula is C14H25N5O2. The molecule has 1 aliphatic heterocycles. The lowest BCUT2D eigenvalue weighted by molar-refractivity contribution is -0.125. The zero-order valence-corrected chi connectivity index (χ0v) is 13.1. The minimum atomic E-state index is 0.0985. The fourth-order valence-electron chi connectivity index (χ4n) is 2.45. The Bertz CT molecular complexity index is 452. The maximum atomic E-state index is 11.6. The average molecular weight is 295 g/mol. The molecule has 2 heterocycles. The molecule has 1 amide bonds. The lowest BCUT2D eigenvalue weighted by Crippen LogP contribution is -2.39. The third-order valence-electron chi connectivity index (χ3n) is 3.67. The number of carbonyl (C=O) groups is 1. The molecule has 118 valence electrons. The Morgan fingerprint density at radius 3 is 2.71 bits per heavy atom. The second kappa shape index (κ2) is 7.40. The van der Waals surface area contributed by atoms with Crippen molar-refractivity contribution in [3.05, 3.63) is 5.89 Å². The van der Waals surface area contributed by atoms with Crippen molar-refractivity contribution in [2.45, 2.75) is 33.2 Å². The fraction of sp³-hybridized carbons (Fsp3) is 0.786. The van der Waals surface area contributed by atoms with Crippen LogP contribution in [0, 0.1) is 11.8 Å². The number of rotatable bonds is 6. The van der Waals surface area contributed by atoms with E-state index in [4.69, 9.17) is 4.42 Å². The minimum absolute atomic E-state index is 0.0985. The fourth-order valence-corrected chi connectivity index (χ4v) is 2.45. The summed E-state index contributed by atoms with van der Waals surface area (Å²) in [6, 6.07) is 0.562. The second-order valence-corrected chi connectivity index (χ2v) is 5.88. The van der Waals surface area contributed by atoms with Crippen molar-refractivity contribution in [2.75, 3.05) is 31.6 Å². The highest BCUT2D eigenvalue weighted by molar-refractivity contribution is 5.78. The Kier molecular flexibility index (Phi) is 5.55. The van der Waals surface area contributed by atoms with Gasteiger partial charge in [0.1, 0.15) is 0 Å². The molecule has 0 saturated carbocycles. The highest BCUT2D eigenvalue weighted by Crippen LogP contribution is 2.22. The monoisotopic (exact) mass is 295 g/mol. The number of nitrogens with zero attached hydrogens (tertiary/aromatic N) is 3. The minimum Gasteiger partial charge on any atom is -0.407 e. The van der Waals surface area contributed by atoms with Gasteiger partial charge in [0.25, 0.3) is 0 Å². The van der Waals surface area contributed by atoms with Crippen molar-refractivity contribution in [1.29, 1.82) is 0 Å². The Balaban J connectivity index is 1.81. The normalized spacial score (nSPS) is 16.5. The number of amides is 1. The first-order valence-corrected chi connectivity index (χ1v) is 7.59. The quantitative estimate of drug-likeness (QED) is 0.807. The van der Waals surface area contributed by atoms with Crippen LogP contribution in [0.3, 0.4) is 0 Å². The molecule has 1 fully saturated rings. The summed E-state index contributed by atoms with van der Waals surface area (Å²) >= 11 is 0. The van der Waals surface area contributed by atoms with E-state index in [0.29, 0.717) is 24.4 Å². The molecule has 0 atom stereocenters. The topological polar surface area (TPSA) is 83.3 Å². The predicted octanol–water partition coefficient (Wildman–Crippen LogP) is 0.778. The van der Waals surface area contributed by atoms with Gasteiger partial charge in [-0.2, -0.15) is 0 Å². The molecule has 1 saturated heterocycles. The van der Waals surface area contributed by atoms with Crippen molar-refractivity contribution in [2.24, 2.45) is 11.8 Å². The summed E-state index contributed by atoms with van der Waals surface area (Å²) in [5, 5.41) is 14.1. The van der Waals surface area contributed by atoms with Crippen molar-refractivity contribution in [3.63, 3.8) is 0 Å². The van der Waals surface area contributed by atoms with Crippen molar-refractivity contribution < 1.29 is 9.21 Å². The lowest BCUT2D eigenvalue weighted by Gasteiger charge is -2.29. The summed E-state index contributed by atoms with van der Waals surface area (Å²) < 4.78 is 5.67. The van der Waals surface area contributed by atoms with Gasteiger partial charge in [-0.15, -0.1) is 5.10 Å². The smallest absolute Gasteiger partial charge is 0.318 e. The van der Waals surface area contributed by atoms with Crippen molar-refractivity contribution in [1.82, 2.24) is 20.8 Å². The van der Waals surface area contributed by atoms with Crippen LogP contribution in [-0.2, 0) is 11.3 Å². The maximum Gasteiger partial charge on any atom is 0.318 e. The largest absolute Gasteiger partial charge is 0.407 e. The average Bonchev–Trinajstić information content (AvgIpc) is 2.95. The van der Waals surface area contributed by atoms with Crippen LogP contribution in [0.2, 0.25) is 0 Å². The molecule has 0 bridgehead atoms. The van der Waals surface area contributed by atoms with E-state index in [9.17, 15) is 4.79 Å². The molecule has 0 aromatic carbocycles. The molecule has 2 rings (SSSR count). The van der Waals surface area contributed by atoms with E-state index in [1.165, 1.54) is 0 Å². The standard InChI is InChI=1S/C14H25N5O2/c1-10(2)8-16-9-12-17-18-14(21-12)19-6-4-11(5-7-19)13(20)15-3/h10-11,16H,4-9H2,1-3H3,(H,15,20). The zero-order chi connectivity index (χ0) is 15.2. The van der Waals surface area contributed by atoms with E-state index >= 15 is 0 Å². The summed E-state index contributed by atoms with van der Waals surface area (Å²) in [6.07, 6.45) is 1.64. The summed E-state index contributed by atoms with van der Waals surface area (Å²) in [5.41, 5.74) is 0. The number of aromatic nitrogens is 2. The number of hydrogen-bond acceptors (Lipinski definition) is 6. The first kappa shape index (κ1) is 15.8. The number of nitrogens with one attached hydrogen (secondary N) is 2. The van der Waals surface area contributed by atoms with Crippen LogP contribution in [0.25, 0.3) is 0 Å². The molecule has 0 unspecified atom stereocenters. The molecular weight excluding hydrogens is 270 g/mol. The summed E-state index contributed by atoms with van der Waals surface area (Å²) in [5.74, 6) is 1.43. The van der Waals surface area contributed by atoms with E-state index in [-0.39, 0.29) is 11.8 Å². The zero-order valence-electron chi connectivity index (χ0n) is 13.1. The van der Waals surface area contributed by atoms with E-state index in [2.05, 4.69) is 39.6 Å². The third-order valence-corrected chi connectivity index (χ3v) is 3.67. The van der Waals surface area contributed by atoms with Gasteiger partial charge >= 0.3 is 6.01 Å². The molecule has 0 aliphatic carbocycles. The van der Waals surface area contributed by atoms with Crippen LogP contribution in [0.4, 0.5) is 6.01 Å². The molecule has 1 aliphatic rings. The van der Waals surface area contributed by atoms with Gasteiger partial charge in [-0.3, -0.25) is 4.79 Å². The third kappa shape index (κ3) is 4.42. The van der Waals surface area contributed by atoms with Gasteiger partial charge in [-0.25, -0.2) is 0 Å². The van der Waals surface area contributed by atoms with Gasteiger partial charge < -0.3 is 20.0 Å². The molecule has 0 radical (unpaired) electrons. The van der Waals surface area contributed by atoms with Gasteiger partial charge in [0.05, 0.1) is 6.54 Å². The molecule has 7 heteroatoms. The Morgan fingerprint density at radius 2 is 2.10 bits per heavy atom. The predicted molar refractivity (Wildman–Crippen MR) is 79.8 cm³/mol. The summed E-state index contributed by atoms with van der Waals surface area (Å²) in [4.78, 5) is 13.7. The molecule has 2 N–H and O–H groups in total. The van der Waals surface area contributed by atoms with E-state index < -0.39 is 0 Å². The van der Waals surface area contributed by atoms with Gasteiger partial charge in [0.2, 0.25) is 11.8 Å². The molecule has 1 aromatic rings. The number of carbonyl (C=O) groups excluding carboxylic acids is 1. The van der Waals surface area contributed by atoms with Crippen LogP contribution in [0.5, 0.6) is 0 Å². The molecule has 0 spiro atoms. The molecule has 1 aromatic heterocycles. The number of anilines is 1.